The van der Waals surface area contributed by atoms with Gasteiger partial charge in [0.2, 0.25) is 0 Å². The molecule has 1 N–H and O–H groups in total. The van der Waals surface area contributed by atoms with E-state index in [-0.39, 0.29) is 0 Å². The van der Waals surface area contributed by atoms with Crippen LogP contribution in [-0.2, 0) is 0 Å². The second kappa shape index (κ2) is 6.12. The van der Waals surface area contributed by atoms with Gasteiger partial charge >= 0.3 is 0 Å². The molecule has 0 saturated heterocycles. The van der Waals surface area contributed by atoms with Crippen molar-refractivity contribution in [2.24, 2.45) is 5.92 Å². The zero-order valence-electron chi connectivity index (χ0n) is 12.8. The molecule has 5 nitrogen and oxygen atoms in total. The molecule has 0 bridgehead atoms. The highest BCUT2D eigenvalue weighted by atomic mass is 15.4. The van der Waals surface area contributed by atoms with Gasteiger partial charge in [-0.3, -0.25) is 0 Å². The number of rotatable bonds is 3. The van der Waals surface area contributed by atoms with Crippen LogP contribution < -0.4 is 5.32 Å². The van der Waals surface area contributed by atoms with Crippen LogP contribution in [0.3, 0.4) is 0 Å². The molecule has 3 rings (SSSR count). The Balaban J connectivity index is 1.98. The van der Waals surface area contributed by atoms with E-state index in [9.17, 15) is 5.26 Å². The van der Waals surface area contributed by atoms with Crippen LogP contribution in [-0.4, -0.2) is 27.6 Å². The third kappa shape index (κ3) is 2.66. The maximum atomic E-state index is 9.56. The first kappa shape index (κ1) is 14.5. The minimum Gasteiger partial charge on any atom is -0.310 e. The first-order valence-electron chi connectivity index (χ1n) is 7.54. The topological polar surface area (TPSA) is 66.5 Å². The Morgan fingerprint density at radius 1 is 1.32 bits per heavy atom. The minimum absolute atomic E-state index is 0.411. The van der Waals surface area contributed by atoms with Crippen LogP contribution in [0.4, 0.5) is 0 Å². The fourth-order valence-corrected chi connectivity index (χ4v) is 2.74. The van der Waals surface area contributed by atoms with Crippen LogP contribution in [0.5, 0.6) is 0 Å². The Bertz CT molecular complexity index is 721. The van der Waals surface area contributed by atoms with E-state index < -0.39 is 0 Å². The summed E-state index contributed by atoms with van der Waals surface area (Å²) in [5.74, 6) is 0.540. The Morgan fingerprint density at radius 2 is 2.09 bits per heavy atom. The van der Waals surface area contributed by atoms with Gasteiger partial charge < -0.3 is 5.32 Å². The van der Waals surface area contributed by atoms with Gasteiger partial charge in [-0.1, -0.05) is 43.3 Å². The Hall–Kier alpha value is -2.45. The van der Waals surface area contributed by atoms with Gasteiger partial charge in [-0.25, -0.2) is 4.68 Å². The highest BCUT2D eigenvalue weighted by Crippen LogP contribution is 2.27. The Labute approximate surface area is 130 Å². The lowest BCUT2D eigenvalue weighted by Crippen LogP contribution is -2.37. The van der Waals surface area contributed by atoms with E-state index in [1.54, 1.807) is 4.68 Å². The van der Waals surface area contributed by atoms with Gasteiger partial charge in [0.05, 0.1) is 5.69 Å². The van der Waals surface area contributed by atoms with Gasteiger partial charge in [-0.05, 0) is 30.0 Å². The number of nitrogens with one attached hydrogen (secondary N) is 1. The fraction of sp³-hybridized carbons (Fsp3) is 0.353. The molecule has 0 spiro atoms. The highest BCUT2D eigenvalue weighted by Gasteiger charge is 2.24. The van der Waals surface area contributed by atoms with Crippen molar-refractivity contribution in [2.75, 3.05) is 6.54 Å². The van der Waals surface area contributed by atoms with Gasteiger partial charge in [0.15, 0.2) is 5.69 Å². The molecule has 112 valence electrons. The minimum atomic E-state index is 0.411. The Kier molecular flexibility index (Phi) is 4.03. The lowest BCUT2D eigenvalue weighted by atomic mass is 9.91. The smallest absolute Gasteiger partial charge is 0.172 e. The van der Waals surface area contributed by atoms with Crippen molar-refractivity contribution in [2.45, 2.75) is 26.3 Å². The third-order valence-electron chi connectivity index (χ3n) is 4.05. The van der Waals surface area contributed by atoms with E-state index in [0.717, 1.165) is 24.2 Å². The molecule has 0 saturated carbocycles. The summed E-state index contributed by atoms with van der Waals surface area (Å²) in [6.07, 6.45) is 2.99. The maximum absolute atomic E-state index is 9.56. The molecule has 2 heterocycles. The van der Waals surface area contributed by atoms with Gasteiger partial charge in [-0.2, -0.15) is 5.26 Å². The molecule has 1 unspecified atom stereocenters. The van der Waals surface area contributed by atoms with Crippen LogP contribution in [0.1, 0.15) is 31.7 Å². The predicted octanol–water partition coefficient (Wildman–Crippen LogP) is 2.54. The zero-order chi connectivity index (χ0) is 15.5. The molecule has 1 atom stereocenters. The molecule has 22 heavy (non-hydrogen) atoms. The average Bonchev–Trinajstić information content (AvgIpc) is 2.99. The molecule has 0 radical (unpaired) electrons. The standard InChI is InChI=1S/C17H19N5/c1-12(2)15-10-13(8-9-19-15)17-16(11-18)22(21-20-17)14-6-4-3-5-7-14/h3-8,12,15,19H,9-10H2,1-2H3. The number of nitriles is 1. The van der Waals surface area contributed by atoms with E-state index in [4.69, 9.17) is 0 Å². The SMILES string of the molecule is CC(C)C1CC(c2nnn(-c3ccccc3)c2C#N)=CCN1. The maximum Gasteiger partial charge on any atom is 0.172 e. The number of hydrogen-bond donors (Lipinski definition) is 1. The molecule has 0 amide bonds. The lowest BCUT2D eigenvalue weighted by Gasteiger charge is -2.26. The van der Waals surface area contributed by atoms with Gasteiger partial charge in [0.25, 0.3) is 0 Å². The number of benzene rings is 1. The van der Waals surface area contributed by atoms with E-state index in [1.165, 1.54) is 0 Å². The van der Waals surface area contributed by atoms with E-state index in [2.05, 4.69) is 41.6 Å². The first-order chi connectivity index (χ1) is 10.7. The van der Waals surface area contributed by atoms with Crippen molar-refractivity contribution in [3.63, 3.8) is 0 Å². The monoisotopic (exact) mass is 293 g/mol. The molecular weight excluding hydrogens is 274 g/mol. The third-order valence-corrected chi connectivity index (χ3v) is 4.05. The zero-order valence-corrected chi connectivity index (χ0v) is 12.8. The molecule has 1 aliphatic heterocycles. The van der Waals surface area contributed by atoms with Crippen molar-refractivity contribution < 1.29 is 0 Å². The van der Waals surface area contributed by atoms with Crippen molar-refractivity contribution in [1.82, 2.24) is 20.3 Å². The summed E-state index contributed by atoms with van der Waals surface area (Å²) in [6, 6.07) is 12.3. The number of aromatic nitrogens is 3. The Morgan fingerprint density at radius 3 is 2.77 bits per heavy atom. The van der Waals surface area contributed by atoms with E-state index in [0.29, 0.717) is 23.3 Å². The number of hydrogen-bond acceptors (Lipinski definition) is 4. The molecule has 0 aliphatic carbocycles. The predicted molar refractivity (Wildman–Crippen MR) is 85.3 cm³/mol. The summed E-state index contributed by atoms with van der Waals surface area (Å²) in [5.41, 5.74) is 3.17. The molecule has 0 fully saturated rings. The van der Waals surface area contributed by atoms with E-state index >= 15 is 0 Å². The highest BCUT2D eigenvalue weighted by molar-refractivity contribution is 5.68. The normalized spacial score (nSPS) is 18.1. The molecule has 2 aromatic rings. The summed E-state index contributed by atoms with van der Waals surface area (Å²) in [6.45, 7) is 5.21. The van der Waals surface area contributed by atoms with Gasteiger partial charge in [-0.15, -0.1) is 5.10 Å². The number of nitrogens with zero attached hydrogens (tertiary/aromatic N) is 4. The van der Waals surface area contributed by atoms with E-state index in [1.807, 2.05) is 30.3 Å². The van der Waals surface area contributed by atoms with Crippen molar-refractivity contribution in [1.29, 1.82) is 5.26 Å². The molecule has 1 aliphatic rings. The second-order valence-corrected chi connectivity index (χ2v) is 5.84. The summed E-state index contributed by atoms with van der Waals surface area (Å²) in [5, 5.41) is 21.5. The summed E-state index contributed by atoms with van der Waals surface area (Å²) >= 11 is 0. The molecule has 5 heteroatoms. The van der Waals surface area contributed by atoms with Crippen molar-refractivity contribution >= 4 is 5.57 Å². The number of para-hydroxylation sites is 1. The quantitative estimate of drug-likeness (QED) is 0.944. The fourth-order valence-electron chi connectivity index (χ4n) is 2.74. The first-order valence-corrected chi connectivity index (χ1v) is 7.54. The lowest BCUT2D eigenvalue weighted by molar-refractivity contribution is 0.412. The van der Waals surface area contributed by atoms with Crippen molar-refractivity contribution in [3.05, 3.63) is 47.8 Å². The van der Waals surface area contributed by atoms with Crippen LogP contribution in [0.2, 0.25) is 0 Å². The van der Waals surface area contributed by atoms with Crippen LogP contribution in [0.15, 0.2) is 36.4 Å². The summed E-state index contributed by atoms with van der Waals surface area (Å²) in [7, 11) is 0. The molecule has 1 aromatic carbocycles. The van der Waals surface area contributed by atoms with Crippen LogP contribution >= 0.6 is 0 Å². The average molecular weight is 293 g/mol. The largest absolute Gasteiger partial charge is 0.310 e. The van der Waals surface area contributed by atoms with Crippen LogP contribution in [0, 0.1) is 17.2 Å². The van der Waals surface area contributed by atoms with Gasteiger partial charge in [0.1, 0.15) is 11.8 Å². The molecule has 1 aromatic heterocycles. The molecular formula is C17H19N5. The van der Waals surface area contributed by atoms with Crippen LogP contribution in [0.25, 0.3) is 11.3 Å². The second-order valence-electron chi connectivity index (χ2n) is 5.84. The summed E-state index contributed by atoms with van der Waals surface area (Å²) < 4.78 is 1.61. The van der Waals surface area contributed by atoms with Crippen molar-refractivity contribution in [3.8, 4) is 11.8 Å². The summed E-state index contributed by atoms with van der Waals surface area (Å²) in [4.78, 5) is 0. The van der Waals surface area contributed by atoms with Gasteiger partial charge in [0, 0.05) is 12.6 Å².